The Bertz CT molecular complexity index is 767. The number of benzene rings is 1. The highest BCUT2D eigenvalue weighted by atomic mass is 16.2. The quantitative estimate of drug-likeness (QED) is 0.655. The van der Waals surface area contributed by atoms with Gasteiger partial charge in [0.1, 0.15) is 0 Å². The fourth-order valence-electron chi connectivity index (χ4n) is 2.93. The van der Waals surface area contributed by atoms with E-state index in [0.717, 1.165) is 29.9 Å². The first-order chi connectivity index (χ1) is 12.9. The standard InChI is InChI=1S/C20H29N5O2/c1-15-12-16(2)25(23-15)11-5-10-22-19(26)14-24(4)13-17-6-8-18(9-7-17)20(27)21-3/h6-9,12H,5,10-11,13-14H2,1-4H3,(H,21,27)(H,22,26). The fourth-order valence-corrected chi connectivity index (χ4v) is 2.93. The van der Waals surface area contributed by atoms with Crippen LogP contribution in [0.5, 0.6) is 0 Å². The molecule has 1 aromatic heterocycles. The smallest absolute Gasteiger partial charge is 0.251 e. The maximum Gasteiger partial charge on any atom is 0.251 e. The molecule has 2 amide bonds. The van der Waals surface area contributed by atoms with E-state index in [9.17, 15) is 9.59 Å². The molecule has 27 heavy (non-hydrogen) atoms. The molecule has 2 aromatic rings. The Hall–Kier alpha value is -2.67. The van der Waals surface area contributed by atoms with Crippen molar-refractivity contribution in [3.05, 3.63) is 52.8 Å². The molecule has 0 bridgehead atoms. The number of carbonyl (C=O) groups is 2. The van der Waals surface area contributed by atoms with Crippen LogP contribution in [0.4, 0.5) is 0 Å². The third-order valence-corrected chi connectivity index (χ3v) is 4.28. The van der Waals surface area contributed by atoms with Crippen LogP contribution in [0.2, 0.25) is 0 Å². The van der Waals surface area contributed by atoms with E-state index in [4.69, 9.17) is 0 Å². The number of aromatic nitrogens is 2. The van der Waals surface area contributed by atoms with E-state index in [0.29, 0.717) is 25.2 Å². The molecular formula is C20H29N5O2. The van der Waals surface area contributed by atoms with E-state index in [2.05, 4.69) is 21.8 Å². The molecule has 0 atom stereocenters. The molecule has 0 radical (unpaired) electrons. The lowest BCUT2D eigenvalue weighted by molar-refractivity contribution is -0.122. The van der Waals surface area contributed by atoms with Gasteiger partial charge in [-0.05, 0) is 51.1 Å². The second kappa shape index (κ2) is 9.87. The highest BCUT2D eigenvalue weighted by Crippen LogP contribution is 2.07. The van der Waals surface area contributed by atoms with Crippen LogP contribution in [-0.4, -0.2) is 53.7 Å². The lowest BCUT2D eigenvalue weighted by atomic mass is 10.1. The van der Waals surface area contributed by atoms with E-state index in [-0.39, 0.29) is 11.8 Å². The number of carbonyl (C=O) groups excluding carboxylic acids is 2. The molecule has 0 unspecified atom stereocenters. The van der Waals surface area contributed by atoms with Crippen LogP contribution in [-0.2, 0) is 17.9 Å². The van der Waals surface area contributed by atoms with Crippen molar-refractivity contribution in [3.8, 4) is 0 Å². The molecule has 0 aliphatic rings. The Labute approximate surface area is 160 Å². The number of hydrogen-bond donors (Lipinski definition) is 2. The molecule has 146 valence electrons. The molecule has 0 spiro atoms. The molecule has 2 N–H and O–H groups in total. The zero-order chi connectivity index (χ0) is 19.8. The second-order valence-corrected chi connectivity index (χ2v) is 6.80. The number of nitrogens with one attached hydrogen (secondary N) is 2. The van der Waals surface area contributed by atoms with Gasteiger partial charge in [0, 0.05) is 37.9 Å². The Morgan fingerprint density at radius 3 is 2.48 bits per heavy atom. The summed E-state index contributed by atoms with van der Waals surface area (Å²) in [6.45, 7) is 6.42. The lowest BCUT2D eigenvalue weighted by Crippen LogP contribution is -2.35. The van der Waals surface area contributed by atoms with Crippen molar-refractivity contribution in [2.75, 3.05) is 27.2 Å². The summed E-state index contributed by atoms with van der Waals surface area (Å²) in [5.41, 5.74) is 3.84. The Kier molecular flexibility index (Phi) is 7.55. The van der Waals surface area contributed by atoms with Gasteiger partial charge in [-0.1, -0.05) is 12.1 Å². The van der Waals surface area contributed by atoms with Crippen molar-refractivity contribution in [2.45, 2.75) is 33.4 Å². The Morgan fingerprint density at radius 2 is 1.89 bits per heavy atom. The van der Waals surface area contributed by atoms with Crippen molar-refractivity contribution in [1.29, 1.82) is 0 Å². The highest BCUT2D eigenvalue weighted by molar-refractivity contribution is 5.93. The van der Waals surface area contributed by atoms with Gasteiger partial charge in [0.2, 0.25) is 5.91 Å². The van der Waals surface area contributed by atoms with Gasteiger partial charge in [-0.3, -0.25) is 19.2 Å². The summed E-state index contributed by atoms with van der Waals surface area (Å²) >= 11 is 0. The van der Waals surface area contributed by atoms with Gasteiger partial charge >= 0.3 is 0 Å². The zero-order valence-electron chi connectivity index (χ0n) is 16.6. The minimum Gasteiger partial charge on any atom is -0.355 e. The van der Waals surface area contributed by atoms with Gasteiger partial charge in [0.15, 0.2) is 0 Å². The molecule has 2 rings (SSSR count). The topological polar surface area (TPSA) is 79.3 Å². The molecule has 0 aliphatic carbocycles. The van der Waals surface area contributed by atoms with Gasteiger partial charge < -0.3 is 10.6 Å². The van der Waals surface area contributed by atoms with Crippen LogP contribution < -0.4 is 10.6 Å². The van der Waals surface area contributed by atoms with Crippen LogP contribution in [0.1, 0.15) is 33.7 Å². The fraction of sp³-hybridized carbons (Fsp3) is 0.450. The maximum atomic E-state index is 12.1. The van der Waals surface area contributed by atoms with E-state index in [1.54, 1.807) is 19.2 Å². The summed E-state index contributed by atoms with van der Waals surface area (Å²) in [4.78, 5) is 25.6. The number of nitrogens with zero attached hydrogens (tertiary/aromatic N) is 3. The van der Waals surface area contributed by atoms with Gasteiger partial charge in [-0.15, -0.1) is 0 Å². The van der Waals surface area contributed by atoms with Crippen LogP contribution in [0.15, 0.2) is 30.3 Å². The monoisotopic (exact) mass is 371 g/mol. The average molecular weight is 371 g/mol. The largest absolute Gasteiger partial charge is 0.355 e. The van der Waals surface area contributed by atoms with Crippen molar-refractivity contribution >= 4 is 11.8 Å². The first-order valence-electron chi connectivity index (χ1n) is 9.16. The van der Waals surface area contributed by atoms with Crippen molar-refractivity contribution in [1.82, 2.24) is 25.3 Å². The van der Waals surface area contributed by atoms with Crippen molar-refractivity contribution < 1.29 is 9.59 Å². The minimum atomic E-state index is -0.102. The molecule has 1 heterocycles. The molecule has 1 aromatic carbocycles. The third-order valence-electron chi connectivity index (χ3n) is 4.28. The van der Waals surface area contributed by atoms with Crippen molar-refractivity contribution in [2.24, 2.45) is 0 Å². The van der Waals surface area contributed by atoms with E-state index >= 15 is 0 Å². The van der Waals surface area contributed by atoms with Gasteiger partial charge in [-0.2, -0.15) is 5.10 Å². The number of hydrogen-bond acceptors (Lipinski definition) is 4. The third kappa shape index (κ3) is 6.53. The second-order valence-electron chi connectivity index (χ2n) is 6.80. The van der Waals surface area contributed by atoms with Crippen molar-refractivity contribution in [3.63, 3.8) is 0 Å². The summed E-state index contributed by atoms with van der Waals surface area (Å²) in [7, 11) is 3.52. The number of aryl methyl sites for hydroxylation is 3. The van der Waals surface area contributed by atoms with E-state index in [1.165, 1.54) is 0 Å². The van der Waals surface area contributed by atoms with Crippen LogP contribution >= 0.6 is 0 Å². The van der Waals surface area contributed by atoms with Gasteiger partial charge in [0.25, 0.3) is 5.91 Å². The molecule has 0 fully saturated rings. The summed E-state index contributed by atoms with van der Waals surface area (Å²) < 4.78 is 1.97. The summed E-state index contributed by atoms with van der Waals surface area (Å²) in [6.07, 6.45) is 0.846. The number of rotatable bonds is 9. The SMILES string of the molecule is CNC(=O)c1ccc(CN(C)CC(=O)NCCCn2nc(C)cc2C)cc1. The first kappa shape index (κ1) is 20.6. The zero-order valence-corrected chi connectivity index (χ0v) is 16.6. The van der Waals surface area contributed by atoms with E-state index < -0.39 is 0 Å². The lowest BCUT2D eigenvalue weighted by Gasteiger charge is -2.16. The van der Waals surface area contributed by atoms with Gasteiger partial charge in [0.05, 0.1) is 12.2 Å². The number of likely N-dealkylation sites (N-methyl/N-ethyl adjacent to an activating group) is 1. The summed E-state index contributed by atoms with van der Waals surface area (Å²) in [6, 6.07) is 9.46. The summed E-state index contributed by atoms with van der Waals surface area (Å²) in [5.74, 6) is -0.0948. The molecule has 0 saturated carbocycles. The van der Waals surface area contributed by atoms with Crippen LogP contribution in [0.3, 0.4) is 0 Å². The van der Waals surface area contributed by atoms with E-state index in [1.807, 2.05) is 42.6 Å². The average Bonchev–Trinajstić information content (AvgIpc) is 2.95. The van der Waals surface area contributed by atoms with Gasteiger partial charge in [-0.25, -0.2) is 0 Å². The molecule has 0 saturated heterocycles. The Morgan fingerprint density at radius 1 is 1.19 bits per heavy atom. The minimum absolute atomic E-state index is 0.00727. The summed E-state index contributed by atoms with van der Waals surface area (Å²) in [5, 5.41) is 9.97. The maximum absolute atomic E-state index is 12.1. The molecule has 0 aliphatic heterocycles. The molecular weight excluding hydrogens is 342 g/mol. The highest BCUT2D eigenvalue weighted by Gasteiger charge is 2.08. The van der Waals surface area contributed by atoms with Crippen LogP contribution in [0.25, 0.3) is 0 Å². The molecule has 7 nitrogen and oxygen atoms in total. The normalized spacial score (nSPS) is 10.9. The predicted octanol–water partition coefficient (Wildman–Crippen LogP) is 1.50. The van der Waals surface area contributed by atoms with Crippen LogP contribution in [0, 0.1) is 13.8 Å². The Balaban J connectivity index is 1.69. The predicted molar refractivity (Wildman–Crippen MR) is 105 cm³/mol. The number of amides is 2. The molecule has 7 heteroatoms. The first-order valence-corrected chi connectivity index (χ1v) is 9.16.